The van der Waals surface area contributed by atoms with Gasteiger partial charge in [0.25, 0.3) is 0 Å². The van der Waals surface area contributed by atoms with Crippen molar-refractivity contribution in [1.82, 2.24) is 4.98 Å². The normalized spacial score (nSPS) is 24.4. The summed E-state index contributed by atoms with van der Waals surface area (Å²) in [7, 11) is 0. The lowest BCUT2D eigenvalue weighted by Crippen LogP contribution is -2.26. The van der Waals surface area contributed by atoms with E-state index in [0.717, 1.165) is 46.2 Å². The minimum Gasteiger partial charge on any atom is -0.361 e. The second kappa shape index (κ2) is 10.5. The summed E-state index contributed by atoms with van der Waals surface area (Å²) in [6.45, 7) is 0. The van der Waals surface area contributed by atoms with Crippen LogP contribution in [0.2, 0.25) is 5.02 Å². The minimum absolute atomic E-state index is 0.288. The number of aryl methyl sites for hydroxylation is 1. The zero-order chi connectivity index (χ0) is 22.6. The average Bonchev–Trinajstić information content (AvgIpc) is 3.38. The van der Waals surface area contributed by atoms with Gasteiger partial charge in [-0.15, -0.1) is 0 Å². The van der Waals surface area contributed by atoms with E-state index in [0.29, 0.717) is 6.42 Å². The van der Waals surface area contributed by atoms with Crippen LogP contribution in [0.25, 0.3) is 10.9 Å². The van der Waals surface area contributed by atoms with Crippen LogP contribution >= 0.6 is 11.6 Å². The van der Waals surface area contributed by atoms with Gasteiger partial charge in [0, 0.05) is 28.7 Å². The van der Waals surface area contributed by atoms with Gasteiger partial charge in [0.15, 0.2) is 5.78 Å². The number of Topliss-reactive ketones (excluding diaryl/α,β-unsaturated/α-hetero) is 1. The van der Waals surface area contributed by atoms with Gasteiger partial charge < -0.3 is 4.98 Å². The first-order valence-electron chi connectivity index (χ1n) is 13.0. The first kappa shape index (κ1) is 22.7. The Hall–Kier alpha value is -2.06. The summed E-state index contributed by atoms with van der Waals surface area (Å²) in [5, 5.41) is 2.00. The zero-order valence-corrected chi connectivity index (χ0v) is 20.3. The van der Waals surface area contributed by atoms with Gasteiger partial charge in [-0.2, -0.15) is 0 Å². The molecule has 2 aliphatic carbocycles. The molecule has 174 valence electrons. The molecule has 0 saturated heterocycles. The maximum atomic E-state index is 12.6. The molecule has 3 aromatic rings. The van der Waals surface area contributed by atoms with E-state index < -0.39 is 0 Å². The van der Waals surface area contributed by atoms with E-state index in [1.807, 2.05) is 42.6 Å². The predicted octanol–water partition coefficient (Wildman–Crippen LogP) is 8.64. The number of halogens is 1. The first-order valence-corrected chi connectivity index (χ1v) is 13.4. The van der Waals surface area contributed by atoms with E-state index in [1.54, 1.807) is 0 Å². The topological polar surface area (TPSA) is 32.9 Å². The van der Waals surface area contributed by atoms with Gasteiger partial charge in [0.05, 0.1) is 0 Å². The van der Waals surface area contributed by atoms with Crippen molar-refractivity contribution < 1.29 is 4.79 Å². The fraction of sp³-hybridized carbons (Fsp3) is 0.500. The van der Waals surface area contributed by atoms with Gasteiger partial charge in [0.2, 0.25) is 0 Å². The summed E-state index contributed by atoms with van der Waals surface area (Å²) < 4.78 is 0. The number of hydrogen-bond donors (Lipinski definition) is 1. The number of ketones is 1. The Labute approximate surface area is 203 Å². The molecule has 2 aliphatic rings. The van der Waals surface area contributed by atoms with Crippen LogP contribution in [0.5, 0.6) is 0 Å². The molecule has 2 aromatic carbocycles. The Balaban J connectivity index is 1.02. The second-order valence-electron chi connectivity index (χ2n) is 10.6. The van der Waals surface area contributed by atoms with Gasteiger partial charge in [-0.05, 0) is 110 Å². The number of rotatable bonds is 10. The SMILES string of the molecule is O=C(CCCCC1C[C@H]2CC[C@@H](C1)C2CCCc1ccc(Cl)cc1)c1ccc2cc[nH]c2c1. The van der Waals surface area contributed by atoms with Crippen molar-refractivity contribution >= 4 is 28.3 Å². The van der Waals surface area contributed by atoms with Crippen molar-refractivity contribution in [2.75, 3.05) is 0 Å². The van der Waals surface area contributed by atoms with Crippen LogP contribution in [-0.2, 0) is 6.42 Å². The molecule has 4 atom stereocenters. The fourth-order valence-corrected chi connectivity index (χ4v) is 6.89. The number of carbonyl (C=O) groups is 1. The molecule has 5 rings (SSSR count). The molecule has 0 amide bonds. The summed E-state index contributed by atoms with van der Waals surface area (Å²) in [4.78, 5) is 15.8. The molecule has 1 N–H and O–H groups in total. The number of fused-ring (bicyclic) bond motifs is 3. The van der Waals surface area contributed by atoms with Gasteiger partial charge in [0.1, 0.15) is 0 Å². The van der Waals surface area contributed by atoms with E-state index in [1.165, 1.54) is 68.7 Å². The highest BCUT2D eigenvalue weighted by Gasteiger charge is 2.41. The summed E-state index contributed by atoms with van der Waals surface area (Å²) in [5.74, 6) is 4.04. The van der Waals surface area contributed by atoms with E-state index in [4.69, 9.17) is 11.6 Å². The van der Waals surface area contributed by atoms with Crippen LogP contribution in [0.15, 0.2) is 54.7 Å². The van der Waals surface area contributed by atoms with Crippen molar-refractivity contribution in [2.45, 2.75) is 70.6 Å². The maximum Gasteiger partial charge on any atom is 0.162 e. The van der Waals surface area contributed by atoms with E-state index >= 15 is 0 Å². The van der Waals surface area contributed by atoms with Crippen molar-refractivity contribution in [1.29, 1.82) is 0 Å². The van der Waals surface area contributed by atoms with Gasteiger partial charge in [-0.25, -0.2) is 0 Å². The van der Waals surface area contributed by atoms with Crippen LogP contribution in [0.1, 0.15) is 80.1 Å². The highest BCUT2D eigenvalue weighted by molar-refractivity contribution is 6.30. The number of H-pyrrole nitrogens is 1. The number of hydrogen-bond acceptors (Lipinski definition) is 1. The Kier molecular flexibility index (Phi) is 7.21. The van der Waals surface area contributed by atoms with Crippen LogP contribution in [-0.4, -0.2) is 10.8 Å². The molecule has 2 fully saturated rings. The molecular formula is C30H36ClNO. The zero-order valence-electron chi connectivity index (χ0n) is 19.6. The summed E-state index contributed by atoms with van der Waals surface area (Å²) >= 11 is 6.01. The molecule has 2 saturated carbocycles. The van der Waals surface area contributed by atoms with Crippen molar-refractivity contribution in [3.8, 4) is 0 Å². The van der Waals surface area contributed by atoms with Crippen LogP contribution < -0.4 is 0 Å². The fourth-order valence-electron chi connectivity index (χ4n) is 6.76. The minimum atomic E-state index is 0.288. The number of aromatic nitrogens is 1. The van der Waals surface area contributed by atoms with Gasteiger partial charge in [-0.1, -0.05) is 48.7 Å². The summed E-state index contributed by atoms with van der Waals surface area (Å²) in [6.07, 6.45) is 15.8. The molecule has 1 heterocycles. The van der Waals surface area contributed by atoms with Crippen molar-refractivity contribution in [3.63, 3.8) is 0 Å². The largest absolute Gasteiger partial charge is 0.361 e. The van der Waals surface area contributed by atoms with Crippen molar-refractivity contribution in [2.24, 2.45) is 23.7 Å². The third-order valence-corrected chi connectivity index (χ3v) is 8.70. The molecule has 2 bridgehead atoms. The smallest absolute Gasteiger partial charge is 0.162 e. The Morgan fingerprint density at radius 3 is 2.48 bits per heavy atom. The molecule has 1 aromatic heterocycles. The lowest BCUT2D eigenvalue weighted by Gasteiger charge is -2.35. The lowest BCUT2D eigenvalue weighted by atomic mass is 9.70. The highest BCUT2D eigenvalue weighted by Crippen LogP contribution is 2.51. The average molecular weight is 462 g/mol. The maximum absolute atomic E-state index is 12.6. The van der Waals surface area contributed by atoms with E-state index in [9.17, 15) is 4.79 Å². The molecule has 0 radical (unpaired) electrons. The lowest BCUT2D eigenvalue weighted by molar-refractivity contribution is 0.0976. The van der Waals surface area contributed by atoms with Crippen molar-refractivity contribution in [3.05, 3.63) is 70.9 Å². The third kappa shape index (κ3) is 5.54. The van der Waals surface area contributed by atoms with E-state index in [2.05, 4.69) is 17.1 Å². The quantitative estimate of drug-likeness (QED) is 0.238. The number of unbranched alkanes of at least 4 members (excludes halogenated alkanes) is 1. The van der Waals surface area contributed by atoms with Crippen LogP contribution in [0.4, 0.5) is 0 Å². The van der Waals surface area contributed by atoms with Crippen LogP contribution in [0.3, 0.4) is 0 Å². The predicted molar refractivity (Wildman–Crippen MR) is 138 cm³/mol. The molecule has 2 unspecified atom stereocenters. The monoisotopic (exact) mass is 461 g/mol. The Morgan fingerprint density at radius 2 is 1.70 bits per heavy atom. The summed E-state index contributed by atoms with van der Waals surface area (Å²) in [6, 6.07) is 16.5. The highest BCUT2D eigenvalue weighted by atomic mass is 35.5. The number of benzene rings is 2. The third-order valence-electron chi connectivity index (χ3n) is 8.45. The molecular weight excluding hydrogens is 426 g/mol. The Morgan fingerprint density at radius 1 is 0.909 bits per heavy atom. The van der Waals surface area contributed by atoms with Crippen LogP contribution in [0, 0.1) is 23.7 Å². The molecule has 0 spiro atoms. The van der Waals surface area contributed by atoms with E-state index in [-0.39, 0.29) is 5.78 Å². The Bertz CT molecular complexity index is 1050. The standard InChI is InChI=1S/C30H36ClNO/c31-27-14-8-21(9-15-27)5-3-6-28-24-11-12-25(28)19-22(18-24)4-1-2-7-30(33)26-13-10-23-16-17-32-29(23)20-26/h8-10,13-17,20,22,24-25,28,32H,1-7,11-12,18-19H2/t22?,24-,25+,28?. The molecule has 2 nitrogen and oxygen atoms in total. The number of aromatic amines is 1. The summed E-state index contributed by atoms with van der Waals surface area (Å²) in [5.41, 5.74) is 3.33. The number of nitrogens with one attached hydrogen (secondary N) is 1. The number of carbonyl (C=O) groups excluding carboxylic acids is 1. The van der Waals surface area contributed by atoms with Gasteiger partial charge >= 0.3 is 0 Å². The second-order valence-corrected chi connectivity index (χ2v) is 11.0. The molecule has 33 heavy (non-hydrogen) atoms. The molecule has 0 aliphatic heterocycles. The first-order chi connectivity index (χ1) is 16.2. The molecule has 3 heteroatoms. The van der Waals surface area contributed by atoms with Gasteiger partial charge in [-0.3, -0.25) is 4.79 Å².